The zero-order chi connectivity index (χ0) is 15.2. The van der Waals surface area contributed by atoms with Crippen molar-refractivity contribution in [3.63, 3.8) is 0 Å². The quantitative estimate of drug-likeness (QED) is 0.850. The fourth-order valence-corrected chi connectivity index (χ4v) is 3.28. The van der Waals surface area contributed by atoms with E-state index in [9.17, 15) is 4.79 Å². The van der Waals surface area contributed by atoms with Gasteiger partial charge in [-0.05, 0) is 48.6 Å². The highest BCUT2D eigenvalue weighted by atomic mass is 16.5. The van der Waals surface area contributed by atoms with Crippen LogP contribution in [-0.2, 0) is 16.7 Å². The van der Waals surface area contributed by atoms with E-state index in [0.29, 0.717) is 17.9 Å². The first-order valence-electron chi connectivity index (χ1n) is 8.18. The minimum atomic E-state index is -0.0932. The van der Waals surface area contributed by atoms with Crippen molar-refractivity contribution in [3.05, 3.63) is 33.7 Å². The first-order valence-corrected chi connectivity index (χ1v) is 8.18. The molecule has 3 nitrogen and oxygen atoms in total. The van der Waals surface area contributed by atoms with Gasteiger partial charge in [0.15, 0.2) is 0 Å². The summed E-state index contributed by atoms with van der Waals surface area (Å²) in [6.07, 6.45) is 7.28. The van der Waals surface area contributed by atoms with Crippen molar-refractivity contribution in [2.45, 2.75) is 70.4 Å². The van der Waals surface area contributed by atoms with Crippen LogP contribution < -0.4 is 5.56 Å². The van der Waals surface area contributed by atoms with E-state index in [-0.39, 0.29) is 11.0 Å². The highest BCUT2D eigenvalue weighted by Gasteiger charge is 2.33. The number of methoxy groups -OCH3 is 1. The number of rotatable bonds is 4. The van der Waals surface area contributed by atoms with Crippen molar-refractivity contribution >= 4 is 0 Å². The predicted octanol–water partition coefficient (Wildman–Crippen LogP) is 3.45. The second kappa shape index (κ2) is 5.28. The number of nitrogens with zero attached hydrogens (tertiary/aromatic N) is 1. The van der Waals surface area contributed by atoms with Crippen LogP contribution >= 0.6 is 0 Å². The van der Waals surface area contributed by atoms with Crippen molar-refractivity contribution in [2.75, 3.05) is 7.11 Å². The van der Waals surface area contributed by atoms with Crippen LogP contribution in [0.1, 0.15) is 63.5 Å². The van der Waals surface area contributed by atoms with E-state index in [4.69, 9.17) is 4.74 Å². The van der Waals surface area contributed by atoms with Gasteiger partial charge in [0, 0.05) is 31.3 Å². The van der Waals surface area contributed by atoms with Gasteiger partial charge in [-0.15, -0.1) is 0 Å². The highest BCUT2D eigenvalue weighted by Crippen LogP contribution is 2.41. The lowest BCUT2D eigenvalue weighted by atomic mass is 9.81. The second-order valence-electron chi connectivity index (χ2n) is 7.78. The zero-order valence-corrected chi connectivity index (χ0v) is 13.7. The van der Waals surface area contributed by atoms with Gasteiger partial charge in [-0.3, -0.25) is 4.79 Å². The molecule has 116 valence electrons. The molecular formula is C18H27NO2. The predicted molar refractivity (Wildman–Crippen MR) is 84.9 cm³/mol. The smallest absolute Gasteiger partial charge is 0.254 e. The van der Waals surface area contributed by atoms with Gasteiger partial charge in [-0.1, -0.05) is 20.8 Å². The fourth-order valence-electron chi connectivity index (χ4n) is 3.28. The maximum absolute atomic E-state index is 12.8. The molecule has 0 aromatic carbocycles. The number of ether oxygens (including phenoxy) is 1. The van der Waals surface area contributed by atoms with Crippen LogP contribution in [-0.4, -0.2) is 17.8 Å². The molecular weight excluding hydrogens is 262 g/mol. The SMILES string of the molecule is COC1CCC1Cn1cc(C2CC2)cc(C(C)(C)C)c1=O. The molecule has 0 bridgehead atoms. The number of hydrogen-bond acceptors (Lipinski definition) is 2. The molecule has 1 aromatic heterocycles. The van der Waals surface area contributed by atoms with Crippen LogP contribution in [0, 0.1) is 5.92 Å². The van der Waals surface area contributed by atoms with Crippen LogP contribution in [0.15, 0.2) is 17.1 Å². The highest BCUT2D eigenvalue weighted by molar-refractivity contribution is 5.30. The van der Waals surface area contributed by atoms with Crippen LogP contribution in [0.2, 0.25) is 0 Å². The minimum absolute atomic E-state index is 0.0932. The van der Waals surface area contributed by atoms with E-state index in [0.717, 1.165) is 18.5 Å². The van der Waals surface area contributed by atoms with E-state index in [1.807, 2.05) is 4.57 Å². The van der Waals surface area contributed by atoms with E-state index in [1.54, 1.807) is 7.11 Å². The fraction of sp³-hybridized carbons (Fsp3) is 0.722. The molecule has 0 aliphatic heterocycles. The monoisotopic (exact) mass is 289 g/mol. The maximum Gasteiger partial charge on any atom is 0.254 e. The molecule has 2 fully saturated rings. The van der Waals surface area contributed by atoms with Gasteiger partial charge in [-0.25, -0.2) is 0 Å². The summed E-state index contributed by atoms with van der Waals surface area (Å²) in [7, 11) is 1.78. The summed E-state index contributed by atoms with van der Waals surface area (Å²) in [6, 6.07) is 2.16. The van der Waals surface area contributed by atoms with Gasteiger partial charge in [0.1, 0.15) is 0 Å². The zero-order valence-electron chi connectivity index (χ0n) is 13.7. The lowest BCUT2D eigenvalue weighted by Gasteiger charge is -2.36. The number of hydrogen-bond donors (Lipinski definition) is 0. The Morgan fingerprint density at radius 3 is 2.43 bits per heavy atom. The lowest BCUT2D eigenvalue weighted by Crippen LogP contribution is -2.40. The topological polar surface area (TPSA) is 31.2 Å². The van der Waals surface area contributed by atoms with Crippen molar-refractivity contribution in [3.8, 4) is 0 Å². The number of pyridine rings is 1. The molecule has 1 heterocycles. The molecule has 21 heavy (non-hydrogen) atoms. The van der Waals surface area contributed by atoms with E-state index in [1.165, 1.54) is 24.8 Å². The lowest BCUT2D eigenvalue weighted by molar-refractivity contribution is -0.0236. The first-order chi connectivity index (χ1) is 9.90. The van der Waals surface area contributed by atoms with Gasteiger partial charge in [0.2, 0.25) is 0 Å². The molecule has 3 heteroatoms. The van der Waals surface area contributed by atoms with Gasteiger partial charge >= 0.3 is 0 Å². The van der Waals surface area contributed by atoms with Crippen molar-refractivity contribution < 1.29 is 4.74 Å². The third kappa shape index (κ3) is 2.94. The third-order valence-corrected chi connectivity index (χ3v) is 5.05. The molecule has 0 saturated heterocycles. The molecule has 2 atom stereocenters. The van der Waals surface area contributed by atoms with Crippen LogP contribution in [0.25, 0.3) is 0 Å². The summed E-state index contributed by atoms with van der Waals surface area (Å²) >= 11 is 0. The average Bonchev–Trinajstić information content (AvgIpc) is 3.19. The summed E-state index contributed by atoms with van der Waals surface area (Å²) in [5.41, 5.74) is 2.41. The standard InChI is InChI=1S/C18H27NO2/c1-18(2,3)15-9-14(12-5-6-12)11-19(17(15)20)10-13-7-8-16(13)21-4/h9,11-13,16H,5-8,10H2,1-4H3. The van der Waals surface area contributed by atoms with Crippen LogP contribution in [0.5, 0.6) is 0 Å². The summed E-state index contributed by atoms with van der Waals surface area (Å²) in [6.45, 7) is 7.20. The Balaban J connectivity index is 1.94. The summed E-state index contributed by atoms with van der Waals surface area (Å²) in [5.74, 6) is 1.17. The van der Waals surface area contributed by atoms with Crippen molar-refractivity contribution in [1.29, 1.82) is 0 Å². The number of aromatic nitrogens is 1. The Morgan fingerprint density at radius 2 is 1.95 bits per heavy atom. The Labute approximate surface area is 127 Å². The van der Waals surface area contributed by atoms with Crippen LogP contribution in [0.4, 0.5) is 0 Å². The van der Waals surface area contributed by atoms with Gasteiger partial charge < -0.3 is 9.30 Å². The molecule has 2 aliphatic rings. The largest absolute Gasteiger partial charge is 0.381 e. The Hall–Kier alpha value is -1.09. The molecule has 0 amide bonds. The molecule has 2 saturated carbocycles. The normalized spacial score (nSPS) is 25.7. The third-order valence-electron chi connectivity index (χ3n) is 5.05. The Bertz CT molecular complexity index is 576. The van der Waals surface area contributed by atoms with Crippen molar-refractivity contribution in [2.24, 2.45) is 5.92 Å². The van der Waals surface area contributed by atoms with Gasteiger partial charge in [0.05, 0.1) is 6.10 Å². The summed E-state index contributed by atoms with van der Waals surface area (Å²) in [5, 5.41) is 0. The molecule has 0 radical (unpaired) electrons. The second-order valence-corrected chi connectivity index (χ2v) is 7.78. The molecule has 2 aliphatic carbocycles. The Morgan fingerprint density at radius 1 is 1.24 bits per heavy atom. The summed E-state index contributed by atoms with van der Waals surface area (Å²) in [4.78, 5) is 12.8. The molecule has 3 rings (SSSR count). The molecule has 1 aromatic rings. The molecule has 2 unspecified atom stereocenters. The van der Waals surface area contributed by atoms with Crippen LogP contribution in [0.3, 0.4) is 0 Å². The van der Waals surface area contributed by atoms with Crippen molar-refractivity contribution in [1.82, 2.24) is 4.57 Å². The van der Waals surface area contributed by atoms with Gasteiger partial charge in [0.25, 0.3) is 5.56 Å². The summed E-state index contributed by atoms with van der Waals surface area (Å²) < 4.78 is 7.45. The Kier molecular flexibility index (Phi) is 3.73. The van der Waals surface area contributed by atoms with E-state index in [2.05, 4.69) is 33.0 Å². The van der Waals surface area contributed by atoms with E-state index < -0.39 is 0 Å². The average molecular weight is 289 g/mol. The molecule has 0 spiro atoms. The molecule has 0 N–H and O–H groups in total. The maximum atomic E-state index is 12.8. The van der Waals surface area contributed by atoms with Gasteiger partial charge in [-0.2, -0.15) is 0 Å². The first kappa shape index (κ1) is 14.8. The minimum Gasteiger partial charge on any atom is -0.381 e. The van der Waals surface area contributed by atoms with E-state index >= 15 is 0 Å².